The molecule has 28 heavy (non-hydrogen) atoms. The standard InChI is InChI=1S/C22H29BN2O3/c1-21(2)22(3,4)28-23(27-21)20-13-19(14-24-15-20)18-7-5-17(6-8-18)16-25-9-11-26-12-10-25/h5-8,13-15H,9-12,16H2,1-4H3. The molecule has 0 aliphatic carbocycles. The van der Waals surface area contributed by atoms with E-state index in [-0.39, 0.29) is 11.2 Å². The minimum absolute atomic E-state index is 0.352. The zero-order valence-corrected chi connectivity index (χ0v) is 17.3. The molecule has 148 valence electrons. The van der Waals surface area contributed by atoms with Crippen molar-refractivity contribution in [3.8, 4) is 11.1 Å². The molecule has 0 amide bonds. The number of rotatable bonds is 4. The molecule has 2 fully saturated rings. The quantitative estimate of drug-likeness (QED) is 0.764. The summed E-state index contributed by atoms with van der Waals surface area (Å²) in [5.74, 6) is 0. The molecular formula is C22H29BN2O3. The summed E-state index contributed by atoms with van der Waals surface area (Å²) in [5.41, 5.74) is 3.79. The first-order valence-electron chi connectivity index (χ1n) is 10.0. The third-order valence-electron chi connectivity index (χ3n) is 6.08. The van der Waals surface area contributed by atoms with E-state index in [1.165, 1.54) is 5.56 Å². The molecule has 2 aliphatic rings. The Labute approximate surface area is 168 Å². The van der Waals surface area contributed by atoms with Crippen LogP contribution in [0.4, 0.5) is 0 Å². The zero-order valence-electron chi connectivity index (χ0n) is 17.3. The minimum atomic E-state index is -0.391. The van der Waals surface area contributed by atoms with E-state index in [1.54, 1.807) is 0 Å². The van der Waals surface area contributed by atoms with Gasteiger partial charge < -0.3 is 14.0 Å². The number of pyridine rings is 1. The van der Waals surface area contributed by atoms with Gasteiger partial charge in [-0.3, -0.25) is 9.88 Å². The van der Waals surface area contributed by atoms with Crippen molar-refractivity contribution in [2.75, 3.05) is 26.3 Å². The molecular weight excluding hydrogens is 351 g/mol. The molecule has 2 aromatic rings. The molecule has 1 aromatic carbocycles. The van der Waals surface area contributed by atoms with Gasteiger partial charge in [0.25, 0.3) is 0 Å². The lowest BCUT2D eigenvalue weighted by Crippen LogP contribution is -2.41. The SMILES string of the molecule is CC1(C)OB(c2cncc(-c3ccc(CN4CCOCC4)cc3)c2)OC1(C)C. The molecule has 0 spiro atoms. The molecule has 0 bridgehead atoms. The second-order valence-electron chi connectivity index (χ2n) is 8.68. The van der Waals surface area contributed by atoms with Crippen molar-refractivity contribution in [1.29, 1.82) is 0 Å². The van der Waals surface area contributed by atoms with Crippen molar-refractivity contribution < 1.29 is 14.0 Å². The first-order chi connectivity index (χ1) is 13.3. The van der Waals surface area contributed by atoms with Crippen molar-refractivity contribution in [2.24, 2.45) is 0 Å². The fraction of sp³-hybridized carbons (Fsp3) is 0.500. The predicted octanol–water partition coefficient (Wildman–Crippen LogP) is 2.88. The summed E-state index contributed by atoms with van der Waals surface area (Å²) in [5, 5.41) is 0. The topological polar surface area (TPSA) is 43.8 Å². The lowest BCUT2D eigenvalue weighted by Gasteiger charge is -2.32. The lowest BCUT2D eigenvalue weighted by atomic mass is 9.79. The fourth-order valence-corrected chi connectivity index (χ4v) is 3.54. The Bertz CT molecular complexity index is 801. The normalized spacial score (nSPS) is 21.8. The number of nitrogens with zero attached hydrogens (tertiary/aromatic N) is 2. The average Bonchev–Trinajstić information content (AvgIpc) is 2.91. The molecule has 0 atom stereocenters. The van der Waals surface area contributed by atoms with Gasteiger partial charge in [0.1, 0.15) is 0 Å². The van der Waals surface area contributed by atoms with Crippen LogP contribution in [0.25, 0.3) is 11.1 Å². The number of morpholine rings is 1. The maximum Gasteiger partial charge on any atom is 0.496 e. The van der Waals surface area contributed by atoms with Crippen molar-refractivity contribution in [3.05, 3.63) is 48.3 Å². The van der Waals surface area contributed by atoms with E-state index < -0.39 is 7.12 Å². The number of aromatic nitrogens is 1. The zero-order chi connectivity index (χ0) is 19.8. The molecule has 2 saturated heterocycles. The fourth-order valence-electron chi connectivity index (χ4n) is 3.54. The molecule has 6 heteroatoms. The van der Waals surface area contributed by atoms with Crippen LogP contribution in [0.2, 0.25) is 0 Å². The van der Waals surface area contributed by atoms with Gasteiger partial charge in [0, 0.05) is 37.5 Å². The summed E-state index contributed by atoms with van der Waals surface area (Å²) >= 11 is 0. The van der Waals surface area contributed by atoms with Crippen LogP contribution in [-0.4, -0.2) is 54.5 Å². The van der Waals surface area contributed by atoms with E-state index in [0.717, 1.165) is 49.4 Å². The summed E-state index contributed by atoms with van der Waals surface area (Å²) < 4.78 is 17.8. The Kier molecular flexibility index (Phi) is 5.31. The van der Waals surface area contributed by atoms with Gasteiger partial charge in [-0.1, -0.05) is 30.3 Å². The summed E-state index contributed by atoms with van der Waals surface area (Å²) in [7, 11) is -0.391. The van der Waals surface area contributed by atoms with Crippen LogP contribution < -0.4 is 5.46 Å². The summed E-state index contributed by atoms with van der Waals surface area (Å²) in [4.78, 5) is 6.86. The molecule has 0 unspecified atom stereocenters. The van der Waals surface area contributed by atoms with Gasteiger partial charge in [0.05, 0.1) is 24.4 Å². The third-order valence-corrected chi connectivity index (χ3v) is 6.08. The smallest absolute Gasteiger partial charge is 0.399 e. The number of hydrogen-bond acceptors (Lipinski definition) is 5. The van der Waals surface area contributed by atoms with E-state index in [9.17, 15) is 0 Å². The molecule has 1 aromatic heterocycles. The van der Waals surface area contributed by atoms with Gasteiger partial charge in [-0.15, -0.1) is 0 Å². The summed E-state index contributed by atoms with van der Waals surface area (Å²) in [6.45, 7) is 12.9. The highest BCUT2D eigenvalue weighted by atomic mass is 16.7. The van der Waals surface area contributed by atoms with Gasteiger partial charge in [0.15, 0.2) is 0 Å². The molecule has 0 radical (unpaired) electrons. The second-order valence-corrected chi connectivity index (χ2v) is 8.68. The van der Waals surface area contributed by atoms with E-state index >= 15 is 0 Å². The van der Waals surface area contributed by atoms with Crippen LogP contribution >= 0.6 is 0 Å². The van der Waals surface area contributed by atoms with Gasteiger partial charge in [-0.2, -0.15) is 0 Å². The Morgan fingerprint density at radius 3 is 2.21 bits per heavy atom. The van der Waals surface area contributed by atoms with Crippen LogP contribution in [-0.2, 0) is 20.6 Å². The summed E-state index contributed by atoms with van der Waals surface area (Å²) in [6, 6.07) is 10.9. The largest absolute Gasteiger partial charge is 0.496 e. The van der Waals surface area contributed by atoms with Crippen LogP contribution in [0, 0.1) is 0 Å². The molecule has 5 nitrogen and oxygen atoms in total. The number of hydrogen-bond donors (Lipinski definition) is 0. The van der Waals surface area contributed by atoms with Crippen molar-refractivity contribution >= 4 is 12.6 Å². The average molecular weight is 380 g/mol. The molecule has 0 N–H and O–H groups in total. The Balaban J connectivity index is 1.48. The van der Waals surface area contributed by atoms with Crippen molar-refractivity contribution in [1.82, 2.24) is 9.88 Å². The molecule has 4 rings (SSSR count). The Morgan fingerprint density at radius 1 is 0.929 bits per heavy atom. The van der Waals surface area contributed by atoms with Crippen LogP contribution in [0.1, 0.15) is 33.3 Å². The molecule has 0 saturated carbocycles. The van der Waals surface area contributed by atoms with Gasteiger partial charge in [-0.05, 0) is 44.4 Å². The monoisotopic (exact) mass is 380 g/mol. The highest BCUT2D eigenvalue weighted by Gasteiger charge is 2.51. The number of ether oxygens (including phenoxy) is 1. The van der Waals surface area contributed by atoms with Crippen LogP contribution in [0.3, 0.4) is 0 Å². The maximum atomic E-state index is 6.17. The maximum absolute atomic E-state index is 6.17. The van der Waals surface area contributed by atoms with Gasteiger partial charge >= 0.3 is 7.12 Å². The van der Waals surface area contributed by atoms with E-state index in [0.29, 0.717) is 0 Å². The highest BCUT2D eigenvalue weighted by molar-refractivity contribution is 6.62. The predicted molar refractivity (Wildman–Crippen MR) is 111 cm³/mol. The highest BCUT2D eigenvalue weighted by Crippen LogP contribution is 2.36. The lowest BCUT2D eigenvalue weighted by molar-refractivity contribution is 0.00578. The van der Waals surface area contributed by atoms with Crippen molar-refractivity contribution in [2.45, 2.75) is 45.4 Å². The summed E-state index contributed by atoms with van der Waals surface area (Å²) in [6.07, 6.45) is 3.73. The van der Waals surface area contributed by atoms with Gasteiger partial charge in [-0.25, -0.2) is 0 Å². The number of benzene rings is 1. The van der Waals surface area contributed by atoms with Gasteiger partial charge in [0.2, 0.25) is 0 Å². The van der Waals surface area contributed by atoms with Crippen LogP contribution in [0.5, 0.6) is 0 Å². The minimum Gasteiger partial charge on any atom is -0.399 e. The Hall–Kier alpha value is -1.73. The van der Waals surface area contributed by atoms with Crippen LogP contribution in [0.15, 0.2) is 42.7 Å². The van der Waals surface area contributed by atoms with Crippen molar-refractivity contribution in [3.63, 3.8) is 0 Å². The second kappa shape index (κ2) is 7.60. The Morgan fingerprint density at radius 2 is 1.57 bits per heavy atom. The molecule has 2 aliphatic heterocycles. The first-order valence-corrected chi connectivity index (χ1v) is 10.0. The van der Waals surface area contributed by atoms with E-state index in [1.807, 2.05) is 12.4 Å². The van der Waals surface area contributed by atoms with E-state index in [4.69, 9.17) is 14.0 Å². The molecule has 3 heterocycles. The third kappa shape index (κ3) is 4.01. The first kappa shape index (κ1) is 19.6. The van der Waals surface area contributed by atoms with E-state index in [2.05, 4.69) is 67.9 Å².